The summed E-state index contributed by atoms with van der Waals surface area (Å²) in [6.45, 7) is 0. The van der Waals surface area contributed by atoms with Crippen LogP contribution in [0.25, 0.3) is 10.8 Å². The predicted octanol–water partition coefficient (Wildman–Crippen LogP) is 2.33. The third-order valence-electron chi connectivity index (χ3n) is 2.69. The molecular weight excluding hydrogens is 317 g/mol. The SMILES string of the molecule is O=C1NC(=O)c2c(I)ccc3cccc1c23. The zero-order valence-corrected chi connectivity index (χ0v) is 10.2. The molecule has 0 fully saturated rings. The van der Waals surface area contributed by atoms with Crippen molar-refractivity contribution < 1.29 is 9.59 Å². The Balaban J connectivity index is 2.58. The number of rotatable bonds is 0. The summed E-state index contributed by atoms with van der Waals surface area (Å²) in [6.07, 6.45) is 0. The number of carbonyl (C=O) groups is 2. The van der Waals surface area contributed by atoms with Crippen LogP contribution in [0.4, 0.5) is 0 Å². The Kier molecular flexibility index (Phi) is 2.00. The minimum atomic E-state index is -0.315. The van der Waals surface area contributed by atoms with Gasteiger partial charge >= 0.3 is 0 Å². The predicted molar refractivity (Wildman–Crippen MR) is 68.5 cm³/mol. The highest BCUT2D eigenvalue weighted by Crippen LogP contribution is 2.29. The molecule has 16 heavy (non-hydrogen) atoms. The molecule has 2 aromatic carbocycles. The maximum Gasteiger partial charge on any atom is 0.259 e. The van der Waals surface area contributed by atoms with Gasteiger partial charge in [-0.1, -0.05) is 18.2 Å². The first-order valence-corrected chi connectivity index (χ1v) is 5.83. The number of nitrogens with one attached hydrogen (secondary N) is 1. The van der Waals surface area contributed by atoms with Gasteiger partial charge < -0.3 is 0 Å². The number of carbonyl (C=O) groups excluding carboxylic acids is 2. The molecule has 78 valence electrons. The van der Waals surface area contributed by atoms with E-state index >= 15 is 0 Å². The quantitative estimate of drug-likeness (QED) is 0.597. The Bertz CT molecular complexity index is 649. The minimum Gasteiger partial charge on any atom is -0.288 e. The molecule has 0 radical (unpaired) electrons. The first-order valence-electron chi connectivity index (χ1n) is 4.75. The van der Waals surface area contributed by atoms with Gasteiger partial charge in [-0.15, -0.1) is 0 Å². The lowest BCUT2D eigenvalue weighted by molar-refractivity contribution is 0.0844. The van der Waals surface area contributed by atoms with E-state index < -0.39 is 0 Å². The molecule has 2 amide bonds. The van der Waals surface area contributed by atoms with E-state index in [1.54, 1.807) is 6.07 Å². The fourth-order valence-electron chi connectivity index (χ4n) is 2.00. The summed E-state index contributed by atoms with van der Waals surface area (Å²) >= 11 is 2.11. The average Bonchev–Trinajstić information content (AvgIpc) is 2.26. The third-order valence-corrected chi connectivity index (χ3v) is 3.59. The van der Waals surface area contributed by atoms with Crippen molar-refractivity contribution in [3.05, 3.63) is 45.0 Å². The minimum absolute atomic E-state index is 0.307. The highest BCUT2D eigenvalue weighted by Gasteiger charge is 2.26. The number of amides is 2. The Morgan fingerprint density at radius 2 is 1.81 bits per heavy atom. The summed E-state index contributed by atoms with van der Waals surface area (Å²) in [4.78, 5) is 23.4. The monoisotopic (exact) mass is 323 g/mol. The van der Waals surface area contributed by atoms with Gasteiger partial charge in [0.1, 0.15) is 0 Å². The van der Waals surface area contributed by atoms with Crippen molar-refractivity contribution in [3.8, 4) is 0 Å². The van der Waals surface area contributed by atoms with Crippen molar-refractivity contribution in [2.45, 2.75) is 0 Å². The van der Waals surface area contributed by atoms with Crippen molar-refractivity contribution in [2.24, 2.45) is 0 Å². The van der Waals surface area contributed by atoms with Crippen LogP contribution in [0, 0.1) is 3.57 Å². The van der Waals surface area contributed by atoms with Crippen LogP contribution in [-0.2, 0) is 0 Å². The van der Waals surface area contributed by atoms with E-state index in [4.69, 9.17) is 0 Å². The Labute approximate surface area is 105 Å². The first-order chi connectivity index (χ1) is 7.68. The lowest BCUT2D eigenvalue weighted by Crippen LogP contribution is -2.35. The Morgan fingerprint density at radius 1 is 1.00 bits per heavy atom. The van der Waals surface area contributed by atoms with E-state index in [9.17, 15) is 9.59 Å². The van der Waals surface area contributed by atoms with E-state index in [0.29, 0.717) is 11.1 Å². The van der Waals surface area contributed by atoms with Crippen LogP contribution >= 0.6 is 22.6 Å². The van der Waals surface area contributed by atoms with E-state index in [2.05, 4.69) is 27.9 Å². The molecule has 0 saturated carbocycles. The lowest BCUT2D eigenvalue weighted by atomic mass is 9.95. The van der Waals surface area contributed by atoms with Gasteiger partial charge in [-0.05, 0) is 40.1 Å². The van der Waals surface area contributed by atoms with Gasteiger partial charge in [0.25, 0.3) is 11.8 Å². The summed E-state index contributed by atoms with van der Waals surface area (Å²) in [5.41, 5.74) is 1.18. The van der Waals surface area contributed by atoms with Crippen molar-refractivity contribution in [1.82, 2.24) is 5.32 Å². The van der Waals surface area contributed by atoms with Crippen LogP contribution in [0.15, 0.2) is 30.3 Å². The highest BCUT2D eigenvalue weighted by molar-refractivity contribution is 14.1. The van der Waals surface area contributed by atoms with E-state index in [-0.39, 0.29) is 11.8 Å². The number of benzene rings is 2. The first kappa shape index (κ1) is 9.77. The number of imide groups is 1. The number of halogens is 1. The van der Waals surface area contributed by atoms with Gasteiger partial charge in [0.05, 0.1) is 5.56 Å². The average molecular weight is 323 g/mol. The molecule has 0 unspecified atom stereocenters. The maximum atomic E-state index is 11.8. The molecule has 0 spiro atoms. The molecule has 0 saturated heterocycles. The zero-order valence-electron chi connectivity index (χ0n) is 8.08. The Hall–Kier alpha value is -1.43. The molecule has 3 nitrogen and oxygen atoms in total. The van der Waals surface area contributed by atoms with Crippen molar-refractivity contribution in [2.75, 3.05) is 0 Å². The highest BCUT2D eigenvalue weighted by atomic mass is 127. The van der Waals surface area contributed by atoms with Crippen LogP contribution < -0.4 is 5.32 Å². The molecular formula is C12H6INO2. The zero-order chi connectivity index (χ0) is 11.3. The largest absolute Gasteiger partial charge is 0.288 e. The molecule has 4 heteroatoms. The molecule has 1 N–H and O–H groups in total. The van der Waals surface area contributed by atoms with Crippen LogP contribution in [0.2, 0.25) is 0 Å². The maximum absolute atomic E-state index is 11.8. The molecule has 0 atom stereocenters. The summed E-state index contributed by atoms with van der Waals surface area (Å²) in [5, 5.41) is 4.05. The standard InChI is InChI=1S/C12H6INO2/c13-8-5-4-6-2-1-3-7-9(6)10(8)12(16)14-11(7)15/h1-5H,(H,14,15,16). The molecule has 1 heterocycles. The molecule has 2 aromatic rings. The molecule has 1 aliphatic rings. The molecule has 0 bridgehead atoms. The molecule has 0 aromatic heterocycles. The molecule has 3 rings (SSSR count). The smallest absolute Gasteiger partial charge is 0.259 e. The summed E-state index contributed by atoms with van der Waals surface area (Å²) in [6, 6.07) is 9.28. The van der Waals surface area contributed by atoms with Crippen LogP contribution in [0.1, 0.15) is 20.7 Å². The van der Waals surface area contributed by atoms with Crippen molar-refractivity contribution in [3.63, 3.8) is 0 Å². The topological polar surface area (TPSA) is 46.2 Å². The van der Waals surface area contributed by atoms with Gasteiger partial charge in [0.2, 0.25) is 0 Å². The second-order valence-electron chi connectivity index (χ2n) is 3.61. The van der Waals surface area contributed by atoms with E-state index in [0.717, 1.165) is 14.3 Å². The van der Waals surface area contributed by atoms with E-state index in [1.165, 1.54) is 0 Å². The van der Waals surface area contributed by atoms with E-state index in [1.807, 2.05) is 24.3 Å². The van der Waals surface area contributed by atoms with Crippen molar-refractivity contribution in [1.29, 1.82) is 0 Å². The van der Waals surface area contributed by atoms with Gasteiger partial charge in [0.15, 0.2) is 0 Å². The van der Waals surface area contributed by atoms with Gasteiger partial charge in [-0.3, -0.25) is 14.9 Å². The summed E-state index contributed by atoms with van der Waals surface area (Å²) in [5.74, 6) is -0.621. The van der Waals surface area contributed by atoms with Gasteiger partial charge in [-0.25, -0.2) is 0 Å². The van der Waals surface area contributed by atoms with Crippen LogP contribution in [-0.4, -0.2) is 11.8 Å². The van der Waals surface area contributed by atoms with Crippen LogP contribution in [0.3, 0.4) is 0 Å². The van der Waals surface area contributed by atoms with Gasteiger partial charge in [-0.2, -0.15) is 0 Å². The summed E-state index contributed by atoms with van der Waals surface area (Å²) in [7, 11) is 0. The summed E-state index contributed by atoms with van der Waals surface area (Å²) < 4.78 is 0.863. The fourth-order valence-corrected chi connectivity index (χ4v) is 2.69. The second kappa shape index (κ2) is 3.28. The number of hydrogen-bond donors (Lipinski definition) is 1. The Morgan fingerprint density at radius 3 is 2.62 bits per heavy atom. The second-order valence-corrected chi connectivity index (χ2v) is 4.77. The van der Waals surface area contributed by atoms with Crippen LogP contribution in [0.5, 0.6) is 0 Å². The number of hydrogen-bond acceptors (Lipinski definition) is 2. The molecule has 0 aliphatic carbocycles. The van der Waals surface area contributed by atoms with Crippen molar-refractivity contribution >= 4 is 45.2 Å². The normalized spacial score (nSPS) is 14.1. The van der Waals surface area contributed by atoms with Gasteiger partial charge in [0, 0.05) is 14.5 Å². The lowest BCUT2D eigenvalue weighted by Gasteiger charge is -2.17. The fraction of sp³-hybridized carbons (Fsp3) is 0. The molecule has 1 aliphatic heterocycles. The third kappa shape index (κ3) is 1.19.